The van der Waals surface area contributed by atoms with Gasteiger partial charge in [0.1, 0.15) is 0 Å². The molecule has 0 unspecified atom stereocenters. The van der Waals surface area contributed by atoms with E-state index in [-0.39, 0.29) is 0 Å². The van der Waals surface area contributed by atoms with Crippen LogP contribution in [0.15, 0.2) is 0 Å². The summed E-state index contributed by atoms with van der Waals surface area (Å²) >= 11 is 0. The van der Waals surface area contributed by atoms with Crippen LogP contribution in [0.4, 0.5) is 4.79 Å². The first kappa shape index (κ1) is 12.2. The zero-order valence-corrected chi connectivity index (χ0v) is 8.47. The van der Waals surface area contributed by atoms with E-state index >= 15 is 0 Å². The molecule has 0 aromatic rings. The van der Waals surface area contributed by atoms with Gasteiger partial charge in [-0.25, -0.2) is 4.79 Å². The van der Waals surface area contributed by atoms with Gasteiger partial charge >= 0.3 is 6.03 Å². The molecule has 2 amide bonds. The van der Waals surface area contributed by atoms with E-state index < -0.39 is 6.03 Å². The average molecular weight is 188 g/mol. The van der Waals surface area contributed by atoms with Crippen LogP contribution in [0.2, 0.25) is 0 Å². The number of nitrogens with two attached hydrogens (primary N) is 1. The summed E-state index contributed by atoms with van der Waals surface area (Å²) in [5.74, 6) is 0. The fourth-order valence-electron chi connectivity index (χ4n) is 0.951. The SMILES string of the molecule is CCNC(N)=O.CN1CCNCC1. The predicted molar refractivity (Wildman–Crippen MR) is 53.6 cm³/mol. The Labute approximate surface area is 79.7 Å². The highest BCUT2D eigenvalue weighted by Gasteiger charge is 2.01. The number of hydrogen-bond donors (Lipinski definition) is 3. The molecule has 4 N–H and O–H groups in total. The van der Waals surface area contributed by atoms with Gasteiger partial charge in [-0.2, -0.15) is 0 Å². The molecule has 0 bridgehead atoms. The molecule has 0 atom stereocenters. The maximum atomic E-state index is 9.71. The van der Waals surface area contributed by atoms with Crippen LogP contribution in [0.5, 0.6) is 0 Å². The van der Waals surface area contributed by atoms with E-state index in [4.69, 9.17) is 0 Å². The number of primary amides is 1. The van der Waals surface area contributed by atoms with Crippen molar-refractivity contribution < 1.29 is 4.79 Å². The van der Waals surface area contributed by atoms with E-state index in [1.54, 1.807) is 0 Å². The van der Waals surface area contributed by atoms with Gasteiger partial charge in [0.25, 0.3) is 0 Å². The number of carbonyl (C=O) groups excluding carboxylic acids is 1. The topological polar surface area (TPSA) is 70.4 Å². The molecule has 0 aliphatic carbocycles. The molecule has 78 valence electrons. The first-order chi connectivity index (χ1) is 6.16. The summed E-state index contributed by atoms with van der Waals surface area (Å²) in [6, 6.07) is -0.461. The summed E-state index contributed by atoms with van der Waals surface area (Å²) in [5, 5.41) is 5.62. The molecule has 0 aromatic carbocycles. The molecule has 1 fully saturated rings. The van der Waals surface area contributed by atoms with Crippen molar-refractivity contribution in [2.24, 2.45) is 5.73 Å². The molecule has 13 heavy (non-hydrogen) atoms. The molecule has 5 heteroatoms. The fourth-order valence-corrected chi connectivity index (χ4v) is 0.951. The van der Waals surface area contributed by atoms with Crippen LogP contribution >= 0.6 is 0 Å². The largest absolute Gasteiger partial charge is 0.352 e. The Hall–Kier alpha value is -0.810. The zero-order chi connectivity index (χ0) is 10.1. The van der Waals surface area contributed by atoms with Gasteiger partial charge in [0.15, 0.2) is 0 Å². The van der Waals surface area contributed by atoms with Crippen molar-refractivity contribution in [3.05, 3.63) is 0 Å². The van der Waals surface area contributed by atoms with Crippen molar-refractivity contribution in [3.8, 4) is 0 Å². The number of urea groups is 1. The molecule has 1 heterocycles. The molecule has 0 aromatic heterocycles. The Balaban J connectivity index is 0.000000226. The van der Waals surface area contributed by atoms with Crippen molar-refractivity contribution in [1.29, 1.82) is 0 Å². The Morgan fingerprint density at radius 1 is 1.54 bits per heavy atom. The molecule has 0 radical (unpaired) electrons. The summed E-state index contributed by atoms with van der Waals surface area (Å²) in [7, 11) is 2.15. The molecule has 0 spiro atoms. The van der Waals surface area contributed by atoms with E-state index in [2.05, 4.69) is 28.3 Å². The first-order valence-electron chi connectivity index (χ1n) is 4.59. The standard InChI is InChI=1S/C5H12N2.C3H8N2O/c1-7-4-2-6-3-5-7;1-2-5-3(4)6/h6H,2-5H2,1H3;2H2,1H3,(H3,4,5,6). The maximum Gasteiger partial charge on any atom is 0.312 e. The van der Waals surface area contributed by atoms with Crippen molar-refractivity contribution in [2.45, 2.75) is 6.92 Å². The number of hydrogen-bond acceptors (Lipinski definition) is 3. The van der Waals surface area contributed by atoms with Gasteiger partial charge in [-0.15, -0.1) is 0 Å². The maximum absolute atomic E-state index is 9.71. The Bertz CT molecular complexity index is 134. The minimum absolute atomic E-state index is 0.461. The fraction of sp³-hybridized carbons (Fsp3) is 0.875. The lowest BCUT2D eigenvalue weighted by Crippen LogP contribution is -2.40. The number of likely N-dealkylation sites (N-methyl/N-ethyl adjacent to an activating group) is 1. The smallest absolute Gasteiger partial charge is 0.312 e. The number of nitrogens with zero attached hydrogens (tertiary/aromatic N) is 1. The van der Waals surface area contributed by atoms with Crippen LogP contribution in [0, 0.1) is 0 Å². The lowest BCUT2D eigenvalue weighted by molar-refractivity contribution is 0.249. The Morgan fingerprint density at radius 2 is 2.08 bits per heavy atom. The molecule has 1 rings (SSSR count). The molecule has 1 saturated heterocycles. The van der Waals surface area contributed by atoms with E-state index in [0.29, 0.717) is 6.54 Å². The number of amides is 2. The number of rotatable bonds is 1. The summed E-state index contributed by atoms with van der Waals surface area (Å²) in [6.07, 6.45) is 0. The second-order valence-electron chi connectivity index (χ2n) is 2.95. The lowest BCUT2D eigenvalue weighted by Gasteiger charge is -2.21. The van der Waals surface area contributed by atoms with Gasteiger partial charge < -0.3 is 21.3 Å². The van der Waals surface area contributed by atoms with E-state index in [1.165, 1.54) is 13.1 Å². The summed E-state index contributed by atoms with van der Waals surface area (Å²) in [4.78, 5) is 12.0. The molecular formula is C8H20N4O. The van der Waals surface area contributed by atoms with E-state index in [9.17, 15) is 4.79 Å². The summed E-state index contributed by atoms with van der Waals surface area (Å²) in [6.45, 7) is 7.16. The minimum Gasteiger partial charge on any atom is -0.352 e. The zero-order valence-electron chi connectivity index (χ0n) is 8.47. The third kappa shape index (κ3) is 9.10. The van der Waals surface area contributed by atoms with Gasteiger partial charge in [0.05, 0.1) is 0 Å². The van der Waals surface area contributed by atoms with Crippen LogP contribution in [0.3, 0.4) is 0 Å². The number of carbonyl (C=O) groups is 1. The molecular weight excluding hydrogens is 168 g/mol. The second kappa shape index (κ2) is 7.82. The third-order valence-electron chi connectivity index (χ3n) is 1.69. The summed E-state index contributed by atoms with van der Waals surface area (Å²) < 4.78 is 0. The molecule has 1 aliphatic heterocycles. The lowest BCUT2D eigenvalue weighted by atomic mass is 10.4. The number of piperazine rings is 1. The third-order valence-corrected chi connectivity index (χ3v) is 1.69. The van der Waals surface area contributed by atoms with Crippen molar-refractivity contribution in [1.82, 2.24) is 15.5 Å². The van der Waals surface area contributed by atoms with E-state index in [1.807, 2.05) is 6.92 Å². The van der Waals surface area contributed by atoms with Crippen LogP contribution < -0.4 is 16.4 Å². The molecule has 0 saturated carbocycles. The van der Waals surface area contributed by atoms with Crippen molar-refractivity contribution >= 4 is 6.03 Å². The minimum atomic E-state index is -0.461. The van der Waals surface area contributed by atoms with Crippen LogP contribution in [-0.2, 0) is 0 Å². The number of nitrogens with one attached hydrogen (secondary N) is 2. The second-order valence-corrected chi connectivity index (χ2v) is 2.95. The highest BCUT2D eigenvalue weighted by atomic mass is 16.2. The molecule has 1 aliphatic rings. The Kier molecular flexibility index (Phi) is 7.33. The van der Waals surface area contributed by atoms with Crippen LogP contribution in [0.25, 0.3) is 0 Å². The van der Waals surface area contributed by atoms with Gasteiger partial charge in [-0.1, -0.05) is 0 Å². The van der Waals surface area contributed by atoms with E-state index in [0.717, 1.165) is 13.1 Å². The normalized spacial score (nSPS) is 17.1. The van der Waals surface area contributed by atoms with Gasteiger partial charge in [-0.3, -0.25) is 0 Å². The molecule has 5 nitrogen and oxygen atoms in total. The van der Waals surface area contributed by atoms with Crippen molar-refractivity contribution in [2.75, 3.05) is 39.8 Å². The van der Waals surface area contributed by atoms with Gasteiger partial charge in [0.2, 0.25) is 0 Å². The first-order valence-corrected chi connectivity index (χ1v) is 4.59. The Morgan fingerprint density at radius 3 is 2.23 bits per heavy atom. The predicted octanol–water partition coefficient (Wildman–Crippen LogP) is -0.804. The van der Waals surface area contributed by atoms with Gasteiger partial charge in [-0.05, 0) is 14.0 Å². The quantitative estimate of drug-likeness (QED) is 0.504. The monoisotopic (exact) mass is 188 g/mol. The average Bonchev–Trinajstić information content (AvgIpc) is 2.06. The van der Waals surface area contributed by atoms with Crippen LogP contribution in [0.1, 0.15) is 6.92 Å². The highest BCUT2D eigenvalue weighted by Crippen LogP contribution is 1.83. The van der Waals surface area contributed by atoms with Crippen molar-refractivity contribution in [3.63, 3.8) is 0 Å². The summed E-state index contributed by atoms with van der Waals surface area (Å²) in [5.41, 5.74) is 4.65. The highest BCUT2D eigenvalue weighted by molar-refractivity contribution is 5.71. The van der Waals surface area contributed by atoms with Crippen LogP contribution in [-0.4, -0.2) is 50.7 Å². The van der Waals surface area contributed by atoms with Gasteiger partial charge in [0, 0.05) is 32.7 Å².